The largest absolute Gasteiger partial charge is 0.481 e. The van der Waals surface area contributed by atoms with Crippen molar-refractivity contribution in [3.8, 4) is 0 Å². The minimum Gasteiger partial charge on any atom is -0.481 e. The number of carbonyl (C=O) groups excluding carboxylic acids is 1. The highest BCUT2D eigenvalue weighted by atomic mass is 35.5. The van der Waals surface area contributed by atoms with Gasteiger partial charge in [-0.2, -0.15) is 0 Å². The summed E-state index contributed by atoms with van der Waals surface area (Å²) in [5.74, 6) is -1.88. The Morgan fingerprint density at radius 3 is 2.78 bits per heavy atom. The van der Waals surface area contributed by atoms with Gasteiger partial charge in [-0.05, 0) is 6.42 Å². The van der Waals surface area contributed by atoms with Crippen LogP contribution in [0, 0.1) is 5.92 Å². The zero-order valence-corrected chi connectivity index (χ0v) is 9.96. The number of carboxylic acids is 1. The third kappa shape index (κ3) is 2.84. The number of carbonyl (C=O) groups is 2. The molecule has 7 heteroatoms. The molecule has 6 nitrogen and oxygen atoms in total. The van der Waals surface area contributed by atoms with Crippen LogP contribution in [0.25, 0.3) is 0 Å². The number of hydrogen-bond donors (Lipinski definition) is 2. The minimum atomic E-state index is -0.898. The molecule has 18 heavy (non-hydrogen) atoms. The topological polar surface area (TPSA) is 92.2 Å². The predicted octanol–water partition coefficient (Wildman–Crippen LogP) is 0.889. The Balaban J connectivity index is 1.97. The minimum absolute atomic E-state index is 0.106. The second-order valence-corrected chi connectivity index (χ2v) is 4.26. The summed E-state index contributed by atoms with van der Waals surface area (Å²) in [6, 6.07) is -0.306. The summed E-state index contributed by atoms with van der Waals surface area (Å²) < 4.78 is 0. The van der Waals surface area contributed by atoms with Crippen LogP contribution < -0.4 is 5.32 Å². The first-order valence-electron chi connectivity index (χ1n) is 5.26. The van der Waals surface area contributed by atoms with Crippen LogP contribution in [-0.2, 0) is 4.79 Å². The summed E-state index contributed by atoms with van der Waals surface area (Å²) in [4.78, 5) is 30.1. The van der Waals surface area contributed by atoms with Gasteiger partial charge in [-0.1, -0.05) is 23.8 Å². The number of aliphatic carboxylic acids is 1. The molecule has 0 spiro atoms. The molecule has 2 atom stereocenters. The fourth-order valence-corrected chi connectivity index (χ4v) is 1.83. The number of amides is 1. The van der Waals surface area contributed by atoms with Crippen LogP contribution >= 0.6 is 11.6 Å². The first-order chi connectivity index (χ1) is 8.56. The van der Waals surface area contributed by atoms with E-state index in [-0.39, 0.29) is 16.9 Å². The maximum atomic E-state index is 11.8. The Labute approximate surface area is 108 Å². The fourth-order valence-electron chi connectivity index (χ4n) is 1.68. The molecule has 1 heterocycles. The van der Waals surface area contributed by atoms with Gasteiger partial charge in [0.25, 0.3) is 5.91 Å². The molecule has 0 saturated carbocycles. The average Bonchev–Trinajstić information content (AvgIpc) is 2.77. The molecular formula is C11H10ClN3O3. The van der Waals surface area contributed by atoms with Gasteiger partial charge < -0.3 is 10.4 Å². The van der Waals surface area contributed by atoms with Gasteiger partial charge in [0.2, 0.25) is 0 Å². The fraction of sp³-hybridized carbons (Fsp3) is 0.273. The highest BCUT2D eigenvalue weighted by Gasteiger charge is 2.25. The van der Waals surface area contributed by atoms with Crippen molar-refractivity contribution < 1.29 is 14.7 Å². The molecule has 2 N–H and O–H groups in total. The number of nitrogens with one attached hydrogen (secondary N) is 1. The summed E-state index contributed by atoms with van der Waals surface area (Å²) in [6.07, 6.45) is 6.20. The van der Waals surface area contributed by atoms with E-state index < -0.39 is 17.8 Å². The van der Waals surface area contributed by atoms with Gasteiger partial charge in [0.15, 0.2) is 0 Å². The number of carboxylic acid groups (broad SMARTS) is 1. The van der Waals surface area contributed by atoms with Gasteiger partial charge in [0, 0.05) is 6.04 Å². The molecule has 1 amide bonds. The third-order valence-corrected chi connectivity index (χ3v) is 2.74. The van der Waals surface area contributed by atoms with Crippen LogP contribution in [-0.4, -0.2) is 33.0 Å². The first-order valence-corrected chi connectivity index (χ1v) is 5.63. The van der Waals surface area contributed by atoms with Crippen LogP contribution in [0.15, 0.2) is 24.5 Å². The molecule has 2 unspecified atom stereocenters. The number of aromatic nitrogens is 2. The Kier molecular flexibility index (Phi) is 3.57. The molecule has 0 radical (unpaired) electrons. The van der Waals surface area contributed by atoms with E-state index in [1.807, 2.05) is 0 Å². The summed E-state index contributed by atoms with van der Waals surface area (Å²) >= 11 is 5.62. The molecule has 0 saturated heterocycles. The van der Waals surface area contributed by atoms with Crippen molar-refractivity contribution in [2.45, 2.75) is 12.5 Å². The van der Waals surface area contributed by atoms with Crippen LogP contribution in [0.5, 0.6) is 0 Å². The Morgan fingerprint density at radius 2 is 2.17 bits per heavy atom. The Hall–Kier alpha value is -1.95. The van der Waals surface area contributed by atoms with Gasteiger partial charge in [-0.3, -0.25) is 14.6 Å². The van der Waals surface area contributed by atoms with Crippen LogP contribution in [0.2, 0.25) is 5.15 Å². The van der Waals surface area contributed by atoms with Crippen molar-refractivity contribution >= 4 is 23.5 Å². The lowest BCUT2D eigenvalue weighted by atomic mass is 10.1. The number of nitrogens with zero attached hydrogens (tertiary/aromatic N) is 2. The van der Waals surface area contributed by atoms with Crippen molar-refractivity contribution in [3.05, 3.63) is 35.4 Å². The molecule has 0 aliphatic heterocycles. The summed E-state index contributed by atoms with van der Waals surface area (Å²) in [5, 5.41) is 11.6. The lowest BCUT2D eigenvalue weighted by Crippen LogP contribution is -2.33. The molecule has 0 fully saturated rings. The normalized spacial score (nSPS) is 21.8. The molecule has 1 aliphatic rings. The monoisotopic (exact) mass is 267 g/mol. The van der Waals surface area contributed by atoms with E-state index in [2.05, 4.69) is 15.3 Å². The van der Waals surface area contributed by atoms with Crippen molar-refractivity contribution in [1.29, 1.82) is 0 Å². The Bertz CT molecular complexity index is 518. The second-order valence-electron chi connectivity index (χ2n) is 3.87. The first kappa shape index (κ1) is 12.5. The second kappa shape index (κ2) is 5.14. The molecule has 0 bridgehead atoms. The number of halogens is 1. The zero-order chi connectivity index (χ0) is 13.1. The van der Waals surface area contributed by atoms with Gasteiger partial charge in [0.05, 0.1) is 18.3 Å². The van der Waals surface area contributed by atoms with Gasteiger partial charge >= 0.3 is 5.97 Å². The summed E-state index contributed by atoms with van der Waals surface area (Å²) in [5.41, 5.74) is 0.106. The molecule has 1 aliphatic carbocycles. The smallest absolute Gasteiger partial charge is 0.310 e. The SMILES string of the molecule is O=C(NC1C=CC(C(=O)O)C1)c1cncc(Cl)n1. The maximum Gasteiger partial charge on any atom is 0.310 e. The molecule has 1 aromatic heterocycles. The van der Waals surface area contributed by atoms with E-state index >= 15 is 0 Å². The molecule has 0 aromatic carbocycles. The van der Waals surface area contributed by atoms with Crippen LogP contribution in [0.4, 0.5) is 0 Å². The molecular weight excluding hydrogens is 258 g/mol. The zero-order valence-electron chi connectivity index (χ0n) is 9.21. The lowest BCUT2D eigenvalue weighted by molar-refractivity contribution is -0.140. The number of hydrogen-bond acceptors (Lipinski definition) is 4. The van der Waals surface area contributed by atoms with E-state index in [1.54, 1.807) is 12.2 Å². The summed E-state index contributed by atoms with van der Waals surface area (Å²) in [6.45, 7) is 0. The Morgan fingerprint density at radius 1 is 1.39 bits per heavy atom. The molecule has 94 valence electrons. The third-order valence-electron chi connectivity index (χ3n) is 2.56. The lowest BCUT2D eigenvalue weighted by Gasteiger charge is -2.11. The molecule has 1 aromatic rings. The highest BCUT2D eigenvalue weighted by molar-refractivity contribution is 6.29. The predicted molar refractivity (Wildman–Crippen MR) is 63.2 cm³/mol. The van der Waals surface area contributed by atoms with E-state index in [0.29, 0.717) is 6.42 Å². The highest BCUT2D eigenvalue weighted by Crippen LogP contribution is 2.18. The van der Waals surface area contributed by atoms with Gasteiger partial charge in [-0.25, -0.2) is 4.98 Å². The van der Waals surface area contributed by atoms with Crippen LogP contribution in [0.3, 0.4) is 0 Å². The van der Waals surface area contributed by atoms with Crippen LogP contribution in [0.1, 0.15) is 16.9 Å². The number of rotatable bonds is 3. The maximum absolute atomic E-state index is 11.8. The van der Waals surface area contributed by atoms with Crippen molar-refractivity contribution in [2.75, 3.05) is 0 Å². The van der Waals surface area contributed by atoms with E-state index in [9.17, 15) is 9.59 Å². The van der Waals surface area contributed by atoms with Crippen molar-refractivity contribution in [2.24, 2.45) is 5.92 Å². The van der Waals surface area contributed by atoms with E-state index in [0.717, 1.165) is 0 Å². The van der Waals surface area contributed by atoms with Gasteiger partial charge in [0.1, 0.15) is 10.8 Å². The van der Waals surface area contributed by atoms with E-state index in [1.165, 1.54) is 12.4 Å². The standard InChI is InChI=1S/C11H10ClN3O3/c12-9-5-13-4-8(15-9)10(16)14-7-2-1-6(3-7)11(17)18/h1-2,4-7H,3H2,(H,14,16)(H,17,18). The summed E-state index contributed by atoms with van der Waals surface area (Å²) in [7, 11) is 0. The van der Waals surface area contributed by atoms with Crippen molar-refractivity contribution in [3.63, 3.8) is 0 Å². The van der Waals surface area contributed by atoms with Crippen molar-refractivity contribution in [1.82, 2.24) is 15.3 Å². The van der Waals surface area contributed by atoms with Gasteiger partial charge in [-0.15, -0.1) is 0 Å². The quantitative estimate of drug-likeness (QED) is 0.794. The molecule has 2 rings (SSSR count). The van der Waals surface area contributed by atoms with E-state index in [4.69, 9.17) is 16.7 Å². The average molecular weight is 268 g/mol.